The minimum absolute atomic E-state index is 0. The second-order valence-corrected chi connectivity index (χ2v) is 3.93. The van der Waals surface area contributed by atoms with Crippen LogP contribution in [-0.4, -0.2) is 29.7 Å². The Morgan fingerprint density at radius 2 is 2.00 bits per heavy atom. The largest absolute Gasteiger partial charge is 1.00 e. The summed E-state index contributed by atoms with van der Waals surface area (Å²) in [4.78, 5) is 22.2. The number of aliphatic carboxylic acids is 1. The number of rotatable bonds is 7. The Balaban J connectivity index is -0.00000128. The number of carbonyl (C=O) groups excluding carboxylic acids is 1. The van der Waals surface area contributed by atoms with Gasteiger partial charge in [0, 0.05) is 11.8 Å². The van der Waals surface area contributed by atoms with Crippen molar-refractivity contribution < 1.29 is 50.4 Å². The molecule has 0 aliphatic rings. The smallest absolute Gasteiger partial charge is 1.00 e. The van der Waals surface area contributed by atoms with Crippen LogP contribution in [0.25, 0.3) is 0 Å². The van der Waals surface area contributed by atoms with Crippen molar-refractivity contribution >= 4 is 11.9 Å². The summed E-state index contributed by atoms with van der Waals surface area (Å²) in [6, 6.07) is -0.689. The van der Waals surface area contributed by atoms with Crippen LogP contribution in [0.4, 0.5) is 0 Å². The number of carboxylic acid groups (broad SMARTS) is 1. The molecular formula is C12H22NNaO4. The van der Waals surface area contributed by atoms with Crippen LogP contribution < -0.4 is 34.9 Å². The minimum atomic E-state index is -0.920. The Hall–Kier alpha value is -0.520. The van der Waals surface area contributed by atoms with Gasteiger partial charge >= 0.3 is 41.5 Å². The van der Waals surface area contributed by atoms with Crippen molar-refractivity contribution in [2.45, 2.75) is 40.2 Å². The molecule has 2 atom stereocenters. The first-order chi connectivity index (χ1) is 7.92. The van der Waals surface area contributed by atoms with Crippen LogP contribution in [0.3, 0.4) is 0 Å². The Labute approximate surface area is 132 Å². The average Bonchev–Trinajstić information content (AvgIpc) is 2.24. The molecule has 0 radical (unpaired) electrons. The summed E-state index contributed by atoms with van der Waals surface area (Å²) in [5.74, 6) is -1.40. The molecule has 0 spiro atoms. The Kier molecular flexibility index (Phi) is 11.5. The molecule has 1 unspecified atom stereocenters. The van der Waals surface area contributed by atoms with E-state index in [2.05, 4.69) is 5.32 Å². The molecule has 2 N–H and O–H groups in total. The summed E-state index contributed by atoms with van der Waals surface area (Å²) in [7, 11) is 0. The van der Waals surface area contributed by atoms with Gasteiger partial charge in [-0.25, -0.2) is 9.59 Å². The molecule has 0 aromatic heterocycles. The van der Waals surface area contributed by atoms with E-state index in [1.807, 2.05) is 13.8 Å². The summed E-state index contributed by atoms with van der Waals surface area (Å²) in [6.07, 6.45) is 2.01. The number of ether oxygens (including phenoxy) is 1. The van der Waals surface area contributed by atoms with Crippen molar-refractivity contribution in [3.8, 4) is 0 Å². The van der Waals surface area contributed by atoms with Crippen molar-refractivity contribution in [1.82, 2.24) is 5.32 Å². The minimum Gasteiger partial charge on any atom is -1.00 e. The maximum absolute atomic E-state index is 11.2. The first-order valence-electron chi connectivity index (χ1n) is 5.76. The van der Waals surface area contributed by atoms with Crippen molar-refractivity contribution in [2.75, 3.05) is 6.61 Å². The van der Waals surface area contributed by atoms with Crippen LogP contribution in [0.15, 0.2) is 11.8 Å². The Morgan fingerprint density at radius 3 is 2.39 bits per heavy atom. The number of carbonyl (C=O) groups is 2. The van der Waals surface area contributed by atoms with Gasteiger partial charge in [-0.1, -0.05) is 20.3 Å². The molecule has 0 saturated carbocycles. The van der Waals surface area contributed by atoms with Crippen LogP contribution in [0.2, 0.25) is 0 Å². The third-order valence-corrected chi connectivity index (χ3v) is 2.48. The number of hydrogen-bond acceptors (Lipinski definition) is 4. The molecule has 0 aliphatic heterocycles. The van der Waals surface area contributed by atoms with Crippen LogP contribution >= 0.6 is 0 Å². The predicted molar refractivity (Wildman–Crippen MR) is 65.5 cm³/mol. The van der Waals surface area contributed by atoms with Crippen molar-refractivity contribution in [1.29, 1.82) is 0 Å². The monoisotopic (exact) mass is 267 g/mol. The molecule has 100 valence electrons. The third kappa shape index (κ3) is 7.74. The zero-order valence-corrected chi connectivity index (χ0v) is 13.8. The molecule has 0 fully saturated rings. The molecule has 0 aromatic carbocycles. The van der Waals surface area contributed by atoms with Gasteiger partial charge in [0.2, 0.25) is 0 Å². The van der Waals surface area contributed by atoms with Gasteiger partial charge in [0.05, 0.1) is 6.61 Å². The normalized spacial score (nSPS) is 14.1. The third-order valence-electron chi connectivity index (χ3n) is 2.48. The van der Waals surface area contributed by atoms with E-state index >= 15 is 0 Å². The molecule has 0 bridgehead atoms. The number of allylic oxidation sites excluding steroid dienone is 1. The standard InChI is InChI=1S/C12H21NO4.Na.H/c1-5-8(3)11(12(15)16)13-9(4)7-10(14)17-6-2;;/h7-8,11,13H,5-6H2,1-4H3,(H,15,16);;/q;+1;-1/b9-7+;;/t8?,11-;;/m0../s1. The first-order valence-corrected chi connectivity index (χ1v) is 5.76. The molecule has 6 heteroatoms. The molecular weight excluding hydrogens is 245 g/mol. The number of carboxylic acids is 1. The summed E-state index contributed by atoms with van der Waals surface area (Å²) in [6.45, 7) is 7.44. The van der Waals surface area contributed by atoms with Gasteiger partial charge in [-0.2, -0.15) is 0 Å². The zero-order chi connectivity index (χ0) is 13.4. The fraction of sp³-hybridized carbons (Fsp3) is 0.667. The van der Waals surface area contributed by atoms with Crippen molar-refractivity contribution in [3.05, 3.63) is 11.8 Å². The van der Waals surface area contributed by atoms with Gasteiger partial charge in [0.15, 0.2) is 0 Å². The summed E-state index contributed by atoms with van der Waals surface area (Å²) < 4.78 is 4.74. The quantitative estimate of drug-likeness (QED) is 0.339. The van der Waals surface area contributed by atoms with Gasteiger partial charge < -0.3 is 16.6 Å². The SMILES string of the molecule is CCOC(=O)/C=C(\C)N[C@H](C(=O)O)C(C)CC.[H-].[Na+]. The van der Waals surface area contributed by atoms with E-state index in [0.717, 1.165) is 6.42 Å². The number of esters is 1. The van der Waals surface area contributed by atoms with Crippen molar-refractivity contribution in [2.24, 2.45) is 5.92 Å². The molecule has 0 rings (SSSR count). The van der Waals surface area contributed by atoms with E-state index in [4.69, 9.17) is 9.84 Å². The summed E-state index contributed by atoms with van der Waals surface area (Å²) >= 11 is 0. The maximum Gasteiger partial charge on any atom is 1.00 e. The van der Waals surface area contributed by atoms with Gasteiger partial charge in [-0.3, -0.25) is 0 Å². The molecule has 18 heavy (non-hydrogen) atoms. The summed E-state index contributed by atoms with van der Waals surface area (Å²) in [5.41, 5.74) is 0.496. The van der Waals surface area contributed by atoms with E-state index in [9.17, 15) is 9.59 Å². The molecule has 5 nitrogen and oxygen atoms in total. The van der Waals surface area contributed by atoms with Crippen LogP contribution in [0.1, 0.15) is 35.5 Å². The molecule has 0 amide bonds. The van der Waals surface area contributed by atoms with Crippen LogP contribution in [-0.2, 0) is 14.3 Å². The second-order valence-electron chi connectivity index (χ2n) is 3.93. The maximum atomic E-state index is 11.2. The predicted octanol–water partition coefficient (Wildman–Crippen LogP) is -1.34. The Bertz CT molecular complexity index is 310. The van der Waals surface area contributed by atoms with E-state index in [1.54, 1.807) is 13.8 Å². The zero-order valence-electron chi connectivity index (χ0n) is 12.8. The van der Waals surface area contributed by atoms with Gasteiger partial charge in [-0.15, -0.1) is 0 Å². The number of hydrogen-bond donors (Lipinski definition) is 2. The second kappa shape index (κ2) is 10.4. The molecule has 0 heterocycles. The summed E-state index contributed by atoms with van der Waals surface area (Å²) in [5, 5.41) is 11.9. The molecule has 0 saturated heterocycles. The van der Waals surface area contributed by atoms with Gasteiger partial charge in [-0.05, 0) is 19.8 Å². The van der Waals surface area contributed by atoms with E-state index in [0.29, 0.717) is 12.3 Å². The van der Waals surface area contributed by atoms with Crippen LogP contribution in [0.5, 0.6) is 0 Å². The molecule has 0 aliphatic carbocycles. The fourth-order valence-corrected chi connectivity index (χ4v) is 1.33. The van der Waals surface area contributed by atoms with E-state index in [1.165, 1.54) is 6.08 Å². The van der Waals surface area contributed by atoms with Gasteiger partial charge in [0.1, 0.15) is 6.04 Å². The first kappa shape index (κ1) is 19.8. The Morgan fingerprint density at radius 1 is 1.44 bits per heavy atom. The van der Waals surface area contributed by atoms with E-state index < -0.39 is 18.0 Å². The topological polar surface area (TPSA) is 75.6 Å². The number of nitrogens with one attached hydrogen (secondary N) is 1. The van der Waals surface area contributed by atoms with Crippen LogP contribution in [0, 0.1) is 5.92 Å². The van der Waals surface area contributed by atoms with E-state index in [-0.39, 0.29) is 36.9 Å². The van der Waals surface area contributed by atoms with Gasteiger partial charge in [0.25, 0.3) is 0 Å². The average molecular weight is 267 g/mol. The van der Waals surface area contributed by atoms with Crippen molar-refractivity contribution in [3.63, 3.8) is 0 Å². The molecule has 0 aromatic rings. The fourth-order valence-electron chi connectivity index (χ4n) is 1.33.